The van der Waals surface area contributed by atoms with E-state index in [9.17, 15) is 4.79 Å². The fraction of sp³-hybridized carbons (Fsp3) is 0.333. The minimum absolute atomic E-state index is 0.253. The number of aryl methyl sites for hydroxylation is 1. The number of amides is 1. The van der Waals surface area contributed by atoms with Crippen LogP contribution < -0.4 is 16.8 Å². The smallest absolute Gasteiger partial charge is 0.219 e. The summed E-state index contributed by atoms with van der Waals surface area (Å²) >= 11 is 0. The zero-order valence-corrected chi connectivity index (χ0v) is 12.0. The van der Waals surface area contributed by atoms with Crippen LogP contribution in [0.3, 0.4) is 0 Å². The summed E-state index contributed by atoms with van der Waals surface area (Å²) < 4.78 is 0. The topological polar surface area (TPSA) is 94.0 Å². The standard InChI is InChI=1S/C15H20N4O/c1-9-6-10-11(8-18-9)12(16)4-5-13(10)19-15(2,3)7-14(17)20/h4-6,8,19H,7,16H2,1-3H3,(H2,17,20). The molecule has 2 aromatic rings. The Labute approximate surface area is 118 Å². The molecule has 5 heteroatoms. The van der Waals surface area contributed by atoms with Crippen molar-refractivity contribution in [2.75, 3.05) is 11.1 Å². The summed E-state index contributed by atoms with van der Waals surface area (Å²) in [6, 6.07) is 5.73. The Morgan fingerprint density at radius 3 is 2.70 bits per heavy atom. The molecule has 1 aromatic carbocycles. The van der Waals surface area contributed by atoms with Gasteiger partial charge in [-0.3, -0.25) is 9.78 Å². The monoisotopic (exact) mass is 272 g/mol. The van der Waals surface area contributed by atoms with Crippen molar-refractivity contribution in [1.82, 2.24) is 4.98 Å². The number of pyridine rings is 1. The molecule has 1 aromatic heterocycles. The summed E-state index contributed by atoms with van der Waals surface area (Å²) in [6.45, 7) is 5.81. The number of carbonyl (C=O) groups excluding carboxylic acids is 1. The number of nitrogens with one attached hydrogen (secondary N) is 1. The van der Waals surface area contributed by atoms with Gasteiger partial charge in [0, 0.05) is 46.0 Å². The first-order valence-corrected chi connectivity index (χ1v) is 6.50. The number of benzene rings is 1. The normalized spacial score (nSPS) is 11.6. The van der Waals surface area contributed by atoms with E-state index in [1.54, 1.807) is 6.20 Å². The molecule has 0 fully saturated rings. The van der Waals surface area contributed by atoms with Gasteiger partial charge in [-0.25, -0.2) is 0 Å². The second-order valence-electron chi connectivity index (χ2n) is 5.73. The van der Waals surface area contributed by atoms with Crippen LogP contribution in [0.1, 0.15) is 26.0 Å². The van der Waals surface area contributed by atoms with Gasteiger partial charge in [0.25, 0.3) is 0 Å². The lowest BCUT2D eigenvalue weighted by molar-refractivity contribution is -0.118. The maximum absolute atomic E-state index is 11.1. The number of aromatic nitrogens is 1. The molecule has 0 aliphatic carbocycles. The fourth-order valence-electron chi connectivity index (χ4n) is 2.32. The van der Waals surface area contributed by atoms with Gasteiger partial charge in [0.1, 0.15) is 0 Å². The Bertz CT molecular complexity index is 664. The second-order valence-corrected chi connectivity index (χ2v) is 5.73. The number of nitrogens with zero attached hydrogens (tertiary/aromatic N) is 1. The maximum Gasteiger partial charge on any atom is 0.219 e. The summed E-state index contributed by atoms with van der Waals surface area (Å²) in [5.74, 6) is -0.333. The molecule has 1 heterocycles. The molecule has 20 heavy (non-hydrogen) atoms. The molecule has 0 aliphatic rings. The number of carbonyl (C=O) groups is 1. The van der Waals surface area contributed by atoms with E-state index in [-0.39, 0.29) is 12.3 Å². The Hall–Kier alpha value is -2.30. The largest absolute Gasteiger partial charge is 0.398 e. The summed E-state index contributed by atoms with van der Waals surface area (Å²) in [5, 5.41) is 5.26. The first kappa shape index (κ1) is 14.1. The number of hydrogen-bond donors (Lipinski definition) is 3. The van der Waals surface area contributed by atoms with Gasteiger partial charge >= 0.3 is 0 Å². The zero-order valence-electron chi connectivity index (χ0n) is 12.0. The number of nitrogens with two attached hydrogens (primary N) is 2. The predicted octanol–water partition coefficient (Wildman–Crippen LogP) is 2.19. The van der Waals surface area contributed by atoms with Gasteiger partial charge in [0.05, 0.1) is 0 Å². The van der Waals surface area contributed by atoms with Crippen molar-refractivity contribution >= 4 is 28.1 Å². The molecular formula is C15H20N4O. The Morgan fingerprint density at radius 2 is 2.05 bits per heavy atom. The van der Waals surface area contributed by atoms with Crippen molar-refractivity contribution in [3.63, 3.8) is 0 Å². The molecule has 0 bridgehead atoms. The average molecular weight is 272 g/mol. The van der Waals surface area contributed by atoms with Crippen LogP contribution in [-0.4, -0.2) is 16.4 Å². The van der Waals surface area contributed by atoms with E-state index in [2.05, 4.69) is 10.3 Å². The molecule has 0 radical (unpaired) electrons. The van der Waals surface area contributed by atoms with Crippen molar-refractivity contribution in [3.05, 3.63) is 30.1 Å². The second kappa shape index (κ2) is 5.00. The molecule has 0 saturated heterocycles. The lowest BCUT2D eigenvalue weighted by atomic mass is 9.98. The van der Waals surface area contributed by atoms with E-state index in [0.717, 1.165) is 22.2 Å². The minimum atomic E-state index is -0.425. The highest BCUT2D eigenvalue weighted by Crippen LogP contribution is 2.30. The van der Waals surface area contributed by atoms with Gasteiger partial charge in [-0.15, -0.1) is 0 Å². The minimum Gasteiger partial charge on any atom is -0.398 e. The number of nitrogen functional groups attached to an aromatic ring is 1. The van der Waals surface area contributed by atoms with Crippen molar-refractivity contribution in [1.29, 1.82) is 0 Å². The highest BCUT2D eigenvalue weighted by Gasteiger charge is 2.21. The summed E-state index contributed by atoms with van der Waals surface area (Å²) in [4.78, 5) is 15.4. The van der Waals surface area contributed by atoms with Gasteiger partial charge < -0.3 is 16.8 Å². The summed E-state index contributed by atoms with van der Waals surface area (Å²) in [7, 11) is 0. The highest BCUT2D eigenvalue weighted by atomic mass is 16.1. The highest BCUT2D eigenvalue weighted by molar-refractivity contribution is 6.01. The van der Waals surface area contributed by atoms with Crippen molar-refractivity contribution in [2.24, 2.45) is 5.73 Å². The van der Waals surface area contributed by atoms with Crippen molar-refractivity contribution in [2.45, 2.75) is 32.7 Å². The SMILES string of the molecule is Cc1cc2c(NC(C)(C)CC(N)=O)ccc(N)c2cn1. The van der Waals surface area contributed by atoms with Crippen molar-refractivity contribution in [3.8, 4) is 0 Å². The number of fused-ring (bicyclic) bond motifs is 1. The Morgan fingerprint density at radius 1 is 1.35 bits per heavy atom. The fourth-order valence-corrected chi connectivity index (χ4v) is 2.32. The number of hydrogen-bond acceptors (Lipinski definition) is 4. The van der Waals surface area contributed by atoms with E-state index >= 15 is 0 Å². The van der Waals surface area contributed by atoms with Crippen LogP contribution in [0.25, 0.3) is 10.8 Å². The first-order valence-electron chi connectivity index (χ1n) is 6.50. The molecule has 0 spiro atoms. The Balaban J connectivity index is 2.47. The number of anilines is 2. The van der Waals surface area contributed by atoms with Crippen LogP contribution in [0, 0.1) is 6.92 Å². The van der Waals surface area contributed by atoms with Gasteiger partial charge in [-0.05, 0) is 39.0 Å². The quantitative estimate of drug-likeness (QED) is 0.744. The van der Waals surface area contributed by atoms with Crippen LogP contribution >= 0.6 is 0 Å². The third-order valence-corrected chi connectivity index (χ3v) is 3.16. The third-order valence-electron chi connectivity index (χ3n) is 3.16. The van der Waals surface area contributed by atoms with Crippen LogP contribution in [0.15, 0.2) is 24.4 Å². The molecule has 0 saturated carbocycles. The lowest BCUT2D eigenvalue weighted by Crippen LogP contribution is -2.36. The van der Waals surface area contributed by atoms with Crippen LogP contribution in [0.4, 0.5) is 11.4 Å². The van der Waals surface area contributed by atoms with E-state index in [0.29, 0.717) is 5.69 Å². The van der Waals surface area contributed by atoms with E-state index in [1.165, 1.54) is 0 Å². The molecular weight excluding hydrogens is 252 g/mol. The van der Waals surface area contributed by atoms with Crippen LogP contribution in [0.2, 0.25) is 0 Å². The average Bonchev–Trinajstić information content (AvgIpc) is 2.31. The summed E-state index contributed by atoms with van der Waals surface area (Å²) in [6.07, 6.45) is 2.02. The molecule has 106 valence electrons. The third kappa shape index (κ3) is 2.99. The Kier molecular flexibility index (Phi) is 3.53. The van der Waals surface area contributed by atoms with Crippen LogP contribution in [-0.2, 0) is 4.79 Å². The number of rotatable bonds is 4. The predicted molar refractivity (Wildman–Crippen MR) is 82.4 cm³/mol. The molecule has 0 aliphatic heterocycles. The lowest BCUT2D eigenvalue weighted by Gasteiger charge is -2.27. The van der Waals surface area contributed by atoms with E-state index in [4.69, 9.17) is 11.5 Å². The molecule has 5 nitrogen and oxygen atoms in total. The van der Waals surface area contributed by atoms with Gasteiger partial charge in [0.15, 0.2) is 0 Å². The summed E-state index contributed by atoms with van der Waals surface area (Å²) in [5.41, 5.74) is 13.4. The number of primary amides is 1. The zero-order chi connectivity index (χ0) is 14.9. The molecule has 0 unspecified atom stereocenters. The molecule has 2 rings (SSSR count). The van der Waals surface area contributed by atoms with Gasteiger partial charge in [0.2, 0.25) is 5.91 Å². The molecule has 0 atom stereocenters. The van der Waals surface area contributed by atoms with E-state index in [1.807, 2.05) is 39.0 Å². The van der Waals surface area contributed by atoms with Crippen molar-refractivity contribution < 1.29 is 4.79 Å². The van der Waals surface area contributed by atoms with E-state index < -0.39 is 5.54 Å². The first-order chi connectivity index (χ1) is 9.28. The molecule has 1 amide bonds. The maximum atomic E-state index is 11.1. The van der Waals surface area contributed by atoms with Crippen LogP contribution in [0.5, 0.6) is 0 Å². The molecule has 5 N–H and O–H groups in total. The van der Waals surface area contributed by atoms with Gasteiger partial charge in [-0.2, -0.15) is 0 Å². The van der Waals surface area contributed by atoms with Gasteiger partial charge in [-0.1, -0.05) is 0 Å².